The molecule has 0 radical (unpaired) electrons. The molecule has 1 fully saturated rings. The van der Waals surface area contributed by atoms with E-state index in [4.69, 9.17) is 5.73 Å². The normalized spacial score (nSPS) is 22.6. The average molecular weight is 274 g/mol. The summed E-state index contributed by atoms with van der Waals surface area (Å²) in [4.78, 5) is 11.0. The molecule has 0 saturated heterocycles. The molecule has 0 amide bonds. The molecule has 6 nitrogen and oxygen atoms in total. The maximum absolute atomic E-state index is 5.94. The Morgan fingerprint density at radius 2 is 2.30 bits per heavy atom. The van der Waals surface area contributed by atoms with Crippen molar-refractivity contribution < 1.29 is 0 Å². The Labute approximate surface area is 119 Å². The molecule has 0 spiro atoms. The van der Waals surface area contributed by atoms with Crippen LogP contribution in [0, 0.1) is 12.8 Å². The summed E-state index contributed by atoms with van der Waals surface area (Å²) in [5, 5.41) is 4.32. The fourth-order valence-electron chi connectivity index (χ4n) is 3.38. The van der Waals surface area contributed by atoms with Crippen molar-refractivity contribution in [1.82, 2.24) is 19.6 Å². The summed E-state index contributed by atoms with van der Waals surface area (Å²) in [7, 11) is 0. The molecular weight excluding hydrogens is 252 g/mol. The predicted molar refractivity (Wildman–Crippen MR) is 78.7 cm³/mol. The molecule has 2 unspecified atom stereocenters. The number of nitrogens with zero attached hydrogens (tertiary/aromatic N) is 5. The van der Waals surface area contributed by atoms with Crippen molar-refractivity contribution in [3.05, 3.63) is 18.1 Å². The molecule has 0 bridgehead atoms. The molecule has 6 heteroatoms. The van der Waals surface area contributed by atoms with E-state index in [1.54, 1.807) is 6.33 Å². The lowest BCUT2D eigenvalue weighted by molar-refractivity contribution is 0.457. The smallest absolute Gasteiger partial charge is 0.254 e. The number of hydrogen-bond donors (Lipinski definition) is 1. The third-order valence-electron chi connectivity index (χ3n) is 4.32. The number of anilines is 1. The zero-order valence-corrected chi connectivity index (χ0v) is 12.2. The lowest BCUT2D eigenvalue weighted by atomic mass is 10.0. The molecule has 0 aromatic carbocycles. The Morgan fingerprint density at radius 1 is 1.45 bits per heavy atom. The standard InChI is InChI=1S/C14H22N6/c1-3-19(12-6-4-5-11(12)8-15)13-7-10(2)18-14-16-9-17-20(13)14/h7,9,11-12H,3-6,8,15H2,1-2H3. The van der Waals surface area contributed by atoms with Crippen molar-refractivity contribution in [2.24, 2.45) is 11.7 Å². The van der Waals surface area contributed by atoms with E-state index in [-0.39, 0.29) is 0 Å². The van der Waals surface area contributed by atoms with Gasteiger partial charge in [-0.25, -0.2) is 4.98 Å². The first-order valence-corrected chi connectivity index (χ1v) is 7.38. The summed E-state index contributed by atoms with van der Waals surface area (Å²) in [6, 6.07) is 2.59. The van der Waals surface area contributed by atoms with Crippen molar-refractivity contribution in [1.29, 1.82) is 0 Å². The van der Waals surface area contributed by atoms with Crippen LogP contribution in [0.2, 0.25) is 0 Å². The largest absolute Gasteiger partial charge is 0.353 e. The minimum Gasteiger partial charge on any atom is -0.353 e. The SMILES string of the molecule is CCN(c1cc(C)nc2ncnn12)C1CCCC1CN. The highest BCUT2D eigenvalue weighted by molar-refractivity contribution is 5.48. The van der Waals surface area contributed by atoms with Crippen LogP contribution in [-0.2, 0) is 0 Å². The molecule has 2 aromatic heterocycles. The summed E-state index contributed by atoms with van der Waals surface area (Å²) >= 11 is 0. The van der Waals surface area contributed by atoms with Gasteiger partial charge in [-0.05, 0) is 39.2 Å². The molecule has 1 aliphatic rings. The van der Waals surface area contributed by atoms with Crippen LogP contribution in [0.25, 0.3) is 5.78 Å². The topological polar surface area (TPSA) is 72.3 Å². The van der Waals surface area contributed by atoms with Crippen LogP contribution in [0.1, 0.15) is 31.9 Å². The Bertz CT molecular complexity index is 592. The van der Waals surface area contributed by atoms with Gasteiger partial charge >= 0.3 is 0 Å². The molecule has 1 saturated carbocycles. The summed E-state index contributed by atoms with van der Waals surface area (Å²) in [6.07, 6.45) is 5.25. The molecule has 1 aliphatic carbocycles. The van der Waals surface area contributed by atoms with Crippen molar-refractivity contribution in [2.45, 2.75) is 39.2 Å². The van der Waals surface area contributed by atoms with Gasteiger partial charge in [-0.3, -0.25) is 0 Å². The van der Waals surface area contributed by atoms with Crippen molar-refractivity contribution in [2.75, 3.05) is 18.0 Å². The minimum atomic E-state index is 0.499. The third-order valence-corrected chi connectivity index (χ3v) is 4.32. The number of fused-ring (bicyclic) bond motifs is 1. The summed E-state index contributed by atoms with van der Waals surface area (Å²) in [5.74, 6) is 2.32. The second-order valence-electron chi connectivity index (χ2n) is 5.51. The Kier molecular flexibility index (Phi) is 3.56. The van der Waals surface area contributed by atoms with E-state index < -0.39 is 0 Å². The number of aromatic nitrogens is 4. The lowest BCUT2D eigenvalue weighted by Gasteiger charge is -2.33. The lowest BCUT2D eigenvalue weighted by Crippen LogP contribution is -2.41. The quantitative estimate of drug-likeness (QED) is 0.912. The van der Waals surface area contributed by atoms with Gasteiger partial charge in [0, 0.05) is 24.3 Å². The Balaban J connectivity index is 2.04. The van der Waals surface area contributed by atoms with E-state index in [2.05, 4.69) is 33.0 Å². The first-order chi connectivity index (χ1) is 9.74. The first-order valence-electron chi connectivity index (χ1n) is 7.38. The number of aryl methyl sites for hydroxylation is 1. The molecular formula is C14H22N6. The first kappa shape index (κ1) is 13.3. The molecule has 2 aromatic rings. The van der Waals surface area contributed by atoms with E-state index in [1.807, 2.05) is 11.4 Å². The Morgan fingerprint density at radius 3 is 3.05 bits per heavy atom. The summed E-state index contributed by atoms with van der Waals surface area (Å²) in [6.45, 7) is 5.89. The second-order valence-corrected chi connectivity index (χ2v) is 5.51. The van der Waals surface area contributed by atoms with Crippen LogP contribution in [0.5, 0.6) is 0 Å². The van der Waals surface area contributed by atoms with Gasteiger partial charge in [0.25, 0.3) is 5.78 Å². The van der Waals surface area contributed by atoms with Crippen molar-refractivity contribution in [3.63, 3.8) is 0 Å². The van der Waals surface area contributed by atoms with Gasteiger partial charge in [0.1, 0.15) is 12.1 Å². The van der Waals surface area contributed by atoms with Crippen LogP contribution in [-0.4, -0.2) is 38.7 Å². The van der Waals surface area contributed by atoms with Gasteiger partial charge in [-0.1, -0.05) is 6.42 Å². The minimum absolute atomic E-state index is 0.499. The van der Waals surface area contributed by atoms with E-state index in [1.165, 1.54) is 19.3 Å². The van der Waals surface area contributed by atoms with Crippen LogP contribution in [0.15, 0.2) is 12.4 Å². The molecule has 2 heterocycles. The predicted octanol–water partition coefficient (Wildman–Crippen LogP) is 1.39. The van der Waals surface area contributed by atoms with Gasteiger partial charge in [-0.2, -0.15) is 14.6 Å². The maximum atomic E-state index is 5.94. The highest BCUT2D eigenvalue weighted by Gasteiger charge is 2.32. The second kappa shape index (κ2) is 5.36. The van der Waals surface area contributed by atoms with Crippen LogP contribution >= 0.6 is 0 Å². The molecule has 20 heavy (non-hydrogen) atoms. The highest BCUT2D eigenvalue weighted by atomic mass is 15.4. The fraction of sp³-hybridized carbons (Fsp3) is 0.643. The maximum Gasteiger partial charge on any atom is 0.254 e. The monoisotopic (exact) mass is 274 g/mol. The molecule has 108 valence electrons. The van der Waals surface area contributed by atoms with E-state index in [0.717, 1.165) is 24.6 Å². The van der Waals surface area contributed by atoms with E-state index in [9.17, 15) is 0 Å². The zero-order chi connectivity index (χ0) is 14.1. The van der Waals surface area contributed by atoms with Crippen LogP contribution in [0.4, 0.5) is 5.82 Å². The Hall–Kier alpha value is -1.69. The third kappa shape index (κ3) is 2.14. The molecule has 2 atom stereocenters. The number of nitrogens with two attached hydrogens (primary N) is 1. The number of rotatable bonds is 4. The average Bonchev–Trinajstić information content (AvgIpc) is 3.07. The van der Waals surface area contributed by atoms with Gasteiger partial charge in [0.05, 0.1) is 0 Å². The van der Waals surface area contributed by atoms with Crippen molar-refractivity contribution >= 4 is 11.6 Å². The van der Waals surface area contributed by atoms with Gasteiger partial charge in [0.2, 0.25) is 0 Å². The molecule has 3 rings (SSSR count). The molecule has 2 N–H and O–H groups in total. The van der Waals surface area contributed by atoms with Gasteiger partial charge in [-0.15, -0.1) is 0 Å². The summed E-state index contributed by atoms with van der Waals surface area (Å²) < 4.78 is 1.84. The van der Waals surface area contributed by atoms with Crippen LogP contribution < -0.4 is 10.6 Å². The van der Waals surface area contributed by atoms with Crippen LogP contribution in [0.3, 0.4) is 0 Å². The summed E-state index contributed by atoms with van der Waals surface area (Å²) in [5.41, 5.74) is 6.92. The van der Waals surface area contributed by atoms with E-state index in [0.29, 0.717) is 17.7 Å². The zero-order valence-electron chi connectivity index (χ0n) is 12.2. The van der Waals surface area contributed by atoms with Gasteiger partial charge in [0.15, 0.2) is 0 Å². The van der Waals surface area contributed by atoms with Gasteiger partial charge < -0.3 is 10.6 Å². The number of hydrogen-bond acceptors (Lipinski definition) is 5. The molecule has 0 aliphatic heterocycles. The van der Waals surface area contributed by atoms with Crippen molar-refractivity contribution in [3.8, 4) is 0 Å². The fourth-order valence-corrected chi connectivity index (χ4v) is 3.38. The highest BCUT2D eigenvalue weighted by Crippen LogP contribution is 2.32. The van der Waals surface area contributed by atoms with E-state index >= 15 is 0 Å².